The largest absolute Gasteiger partial charge is 0.246 e. The van der Waals surface area contributed by atoms with Gasteiger partial charge in [-0.25, -0.2) is 21.2 Å². The Kier molecular flexibility index (Phi) is 5.58. The summed E-state index contributed by atoms with van der Waals surface area (Å²) in [7, 11) is -7.87. The molecule has 1 fully saturated rings. The average Bonchev–Trinajstić information content (AvgIpc) is 2.73. The van der Waals surface area contributed by atoms with E-state index < -0.39 is 30.8 Å². The molecule has 1 heterocycles. The summed E-state index contributed by atoms with van der Waals surface area (Å²) in [4.78, 5) is -0.320. The van der Waals surface area contributed by atoms with E-state index in [1.54, 1.807) is 18.2 Å². The third kappa shape index (κ3) is 3.83. The Hall–Kier alpha value is -2.04. The van der Waals surface area contributed by atoms with Gasteiger partial charge < -0.3 is 0 Å². The first-order valence-electron chi connectivity index (χ1n) is 9.14. The first kappa shape index (κ1) is 21.2. The number of sulfonamides is 2. The molecule has 0 aromatic heterocycles. The second-order valence-electron chi connectivity index (χ2n) is 6.89. The lowest BCUT2D eigenvalue weighted by molar-refractivity contribution is 0.272. The third-order valence-electron chi connectivity index (χ3n) is 5.07. The average molecular weight is 469 g/mol. The number of nitrogens with zero attached hydrogens (tertiary/aromatic N) is 2. The van der Waals surface area contributed by atoms with Crippen LogP contribution in [0.1, 0.15) is 0 Å². The van der Waals surface area contributed by atoms with Gasteiger partial charge in [-0.2, -0.15) is 8.61 Å². The smallest absolute Gasteiger partial charge is 0.207 e. The van der Waals surface area contributed by atoms with Crippen molar-refractivity contribution in [2.45, 2.75) is 9.79 Å². The summed E-state index contributed by atoms with van der Waals surface area (Å²) < 4.78 is 68.1. The van der Waals surface area contributed by atoms with Gasteiger partial charge in [0.25, 0.3) is 0 Å². The molecule has 3 aromatic carbocycles. The van der Waals surface area contributed by atoms with Crippen LogP contribution in [0.5, 0.6) is 0 Å². The van der Waals surface area contributed by atoms with E-state index in [0.29, 0.717) is 0 Å². The molecule has 4 rings (SSSR count). The van der Waals surface area contributed by atoms with E-state index in [9.17, 15) is 21.2 Å². The maximum absolute atomic E-state index is 14.1. The standard InChI is InChI=1S/C20H18ClFN2O4S2/c21-17-6-8-20(19(22)14-17)30(27,28)24-11-9-23(10-12-24)29(25,26)18-7-5-15-3-1-2-4-16(15)13-18/h1-8,13-14H,9-12H2. The molecule has 0 N–H and O–H groups in total. The number of benzene rings is 3. The van der Waals surface area contributed by atoms with E-state index >= 15 is 0 Å². The van der Waals surface area contributed by atoms with E-state index in [0.717, 1.165) is 27.2 Å². The Morgan fingerprint density at radius 3 is 1.97 bits per heavy atom. The van der Waals surface area contributed by atoms with E-state index in [1.807, 2.05) is 24.3 Å². The normalized spacial score (nSPS) is 16.7. The predicted octanol–water partition coefficient (Wildman–Crippen LogP) is 3.33. The first-order chi connectivity index (χ1) is 14.2. The molecule has 10 heteroatoms. The van der Waals surface area contributed by atoms with Crippen LogP contribution in [0.2, 0.25) is 5.02 Å². The van der Waals surface area contributed by atoms with Crippen molar-refractivity contribution >= 4 is 42.4 Å². The van der Waals surface area contributed by atoms with Gasteiger partial charge in [-0.05, 0) is 41.1 Å². The Bertz CT molecular complexity index is 1320. The van der Waals surface area contributed by atoms with Crippen LogP contribution < -0.4 is 0 Å². The number of halogens is 2. The van der Waals surface area contributed by atoms with Crippen LogP contribution in [0.3, 0.4) is 0 Å². The zero-order valence-corrected chi connectivity index (χ0v) is 18.1. The van der Waals surface area contributed by atoms with Crippen molar-refractivity contribution in [3.05, 3.63) is 71.5 Å². The highest BCUT2D eigenvalue weighted by Crippen LogP contribution is 2.26. The zero-order valence-electron chi connectivity index (χ0n) is 15.7. The lowest BCUT2D eigenvalue weighted by Crippen LogP contribution is -2.50. The van der Waals surface area contributed by atoms with Gasteiger partial charge in [0.2, 0.25) is 20.0 Å². The topological polar surface area (TPSA) is 74.8 Å². The number of fused-ring (bicyclic) bond motifs is 1. The second kappa shape index (κ2) is 7.90. The molecule has 6 nitrogen and oxygen atoms in total. The quantitative estimate of drug-likeness (QED) is 0.588. The number of piperazine rings is 1. The van der Waals surface area contributed by atoms with Crippen LogP contribution in [0, 0.1) is 5.82 Å². The van der Waals surface area contributed by atoms with Crippen molar-refractivity contribution in [1.29, 1.82) is 0 Å². The molecular weight excluding hydrogens is 451 g/mol. The monoisotopic (exact) mass is 468 g/mol. The molecule has 0 atom stereocenters. The minimum absolute atomic E-state index is 0.0242. The fourth-order valence-corrected chi connectivity index (χ4v) is 6.54. The van der Waals surface area contributed by atoms with Gasteiger partial charge in [0.15, 0.2) is 0 Å². The Morgan fingerprint density at radius 2 is 1.33 bits per heavy atom. The van der Waals surface area contributed by atoms with E-state index in [-0.39, 0.29) is 36.1 Å². The highest BCUT2D eigenvalue weighted by Gasteiger charge is 2.35. The predicted molar refractivity (Wildman–Crippen MR) is 113 cm³/mol. The molecule has 0 radical (unpaired) electrons. The summed E-state index contributed by atoms with van der Waals surface area (Å²) >= 11 is 5.69. The fourth-order valence-electron chi connectivity index (χ4n) is 3.45. The highest BCUT2D eigenvalue weighted by molar-refractivity contribution is 7.89. The van der Waals surface area contributed by atoms with Gasteiger partial charge in [-0.1, -0.05) is 41.9 Å². The van der Waals surface area contributed by atoms with Gasteiger partial charge in [0.1, 0.15) is 10.7 Å². The van der Waals surface area contributed by atoms with Crippen molar-refractivity contribution in [1.82, 2.24) is 8.61 Å². The molecule has 1 aliphatic heterocycles. The Morgan fingerprint density at radius 1 is 0.733 bits per heavy atom. The number of rotatable bonds is 4. The molecule has 0 amide bonds. The maximum atomic E-state index is 14.1. The summed E-state index contributed by atoms with van der Waals surface area (Å²) in [5.74, 6) is -0.936. The number of hydrogen-bond donors (Lipinski definition) is 0. The summed E-state index contributed by atoms with van der Waals surface area (Å²) in [6.45, 7) is -0.193. The van der Waals surface area contributed by atoms with E-state index in [1.165, 1.54) is 10.4 Å². The van der Waals surface area contributed by atoms with Crippen LogP contribution in [0.15, 0.2) is 70.5 Å². The van der Waals surface area contributed by atoms with Gasteiger partial charge in [0, 0.05) is 31.2 Å². The molecule has 1 saturated heterocycles. The summed E-state index contributed by atoms with van der Waals surface area (Å²) in [5.41, 5.74) is 0. The number of hydrogen-bond acceptors (Lipinski definition) is 4. The van der Waals surface area contributed by atoms with Gasteiger partial charge in [-0.15, -0.1) is 0 Å². The van der Waals surface area contributed by atoms with Crippen molar-refractivity contribution in [2.75, 3.05) is 26.2 Å². The lowest BCUT2D eigenvalue weighted by Gasteiger charge is -2.33. The van der Waals surface area contributed by atoms with Crippen LogP contribution in [0.4, 0.5) is 4.39 Å². The molecule has 0 aliphatic carbocycles. The molecular formula is C20H18ClFN2O4S2. The molecule has 1 aliphatic rings. The molecule has 3 aromatic rings. The van der Waals surface area contributed by atoms with Gasteiger partial charge in [-0.3, -0.25) is 0 Å². The molecule has 158 valence electrons. The van der Waals surface area contributed by atoms with Crippen molar-refractivity contribution in [3.63, 3.8) is 0 Å². The highest BCUT2D eigenvalue weighted by atomic mass is 35.5. The summed E-state index contributed by atoms with van der Waals surface area (Å²) in [6, 6.07) is 15.7. The fraction of sp³-hybridized carbons (Fsp3) is 0.200. The van der Waals surface area contributed by atoms with Crippen molar-refractivity contribution < 1.29 is 21.2 Å². The minimum Gasteiger partial charge on any atom is -0.207 e. The summed E-state index contributed by atoms with van der Waals surface area (Å²) in [5, 5.41) is 1.83. The minimum atomic E-state index is -4.09. The van der Waals surface area contributed by atoms with E-state index in [2.05, 4.69) is 0 Å². The van der Waals surface area contributed by atoms with Crippen LogP contribution in [-0.2, 0) is 20.0 Å². The first-order valence-corrected chi connectivity index (χ1v) is 12.4. The lowest BCUT2D eigenvalue weighted by atomic mass is 10.1. The Labute approximate surface area is 179 Å². The third-order valence-corrected chi connectivity index (χ3v) is 9.13. The maximum Gasteiger partial charge on any atom is 0.246 e. The molecule has 0 saturated carbocycles. The molecule has 0 bridgehead atoms. The van der Waals surface area contributed by atoms with Crippen LogP contribution in [-0.4, -0.2) is 51.6 Å². The van der Waals surface area contributed by atoms with Gasteiger partial charge >= 0.3 is 0 Å². The van der Waals surface area contributed by atoms with Gasteiger partial charge in [0.05, 0.1) is 4.90 Å². The SMILES string of the molecule is O=S(=O)(c1ccc2ccccc2c1)N1CCN(S(=O)(=O)c2ccc(Cl)cc2F)CC1. The molecule has 30 heavy (non-hydrogen) atoms. The zero-order chi connectivity index (χ0) is 21.5. The Balaban J connectivity index is 1.54. The van der Waals surface area contributed by atoms with Crippen LogP contribution in [0.25, 0.3) is 10.8 Å². The van der Waals surface area contributed by atoms with E-state index in [4.69, 9.17) is 11.6 Å². The van der Waals surface area contributed by atoms with Crippen molar-refractivity contribution in [3.8, 4) is 0 Å². The molecule has 0 spiro atoms. The summed E-state index contributed by atoms with van der Waals surface area (Å²) in [6.07, 6.45) is 0. The second-order valence-corrected chi connectivity index (χ2v) is 11.2. The molecule has 0 unspecified atom stereocenters. The van der Waals surface area contributed by atoms with Crippen molar-refractivity contribution in [2.24, 2.45) is 0 Å². The van der Waals surface area contributed by atoms with Crippen LogP contribution >= 0.6 is 11.6 Å².